The van der Waals surface area contributed by atoms with Gasteiger partial charge in [0, 0.05) is 6.20 Å². The van der Waals surface area contributed by atoms with E-state index in [1.165, 1.54) is 36.5 Å². The summed E-state index contributed by atoms with van der Waals surface area (Å²) in [4.78, 5) is 2.75. The van der Waals surface area contributed by atoms with Crippen LogP contribution >= 0.6 is 0 Å². The van der Waals surface area contributed by atoms with Crippen LogP contribution in [0.3, 0.4) is 0 Å². The summed E-state index contributed by atoms with van der Waals surface area (Å²) in [5.41, 5.74) is 0.266. The average Bonchev–Trinajstić information content (AvgIpc) is 3.24. The molecule has 2 aromatic heterocycles. The van der Waals surface area contributed by atoms with Gasteiger partial charge in [-0.2, -0.15) is 5.21 Å². The van der Waals surface area contributed by atoms with Crippen LogP contribution in [0.15, 0.2) is 52.4 Å². The minimum Gasteiger partial charge on any atom is -0.381 e. The van der Waals surface area contributed by atoms with Gasteiger partial charge in [0.1, 0.15) is 11.9 Å². The van der Waals surface area contributed by atoms with Crippen LogP contribution in [0, 0.1) is 5.82 Å². The molecule has 1 atom stereocenters. The van der Waals surface area contributed by atoms with Crippen molar-refractivity contribution in [2.75, 3.05) is 0 Å². The Balaban J connectivity index is 1.91. The fraction of sp³-hybridized carbons (Fsp3) is 0.0714. The van der Waals surface area contributed by atoms with Gasteiger partial charge in [-0.15, -0.1) is 10.2 Å². The van der Waals surface area contributed by atoms with Crippen molar-refractivity contribution in [2.45, 2.75) is 15.9 Å². The molecule has 0 saturated heterocycles. The molecule has 0 amide bonds. The number of tetrazole rings is 1. The van der Waals surface area contributed by atoms with Crippen LogP contribution in [0.1, 0.15) is 17.6 Å². The Morgan fingerprint density at radius 3 is 2.62 bits per heavy atom. The molecule has 3 N–H and O–H groups in total. The normalized spacial score (nSPS) is 13.4. The summed E-state index contributed by atoms with van der Waals surface area (Å²) in [6.07, 6.45) is 3.03. The van der Waals surface area contributed by atoms with E-state index in [4.69, 9.17) is 0 Å². The van der Waals surface area contributed by atoms with Crippen molar-refractivity contribution in [3.05, 3.63) is 59.9 Å². The summed E-state index contributed by atoms with van der Waals surface area (Å²) in [5, 5.41) is 22.7. The van der Waals surface area contributed by atoms with Crippen LogP contribution in [0.4, 0.5) is 4.39 Å². The van der Waals surface area contributed by atoms with E-state index in [9.17, 15) is 17.9 Å². The molecule has 3 rings (SSSR count). The maximum Gasteiger partial charge on any atom is 0.208 e. The summed E-state index contributed by atoms with van der Waals surface area (Å²) < 4.78 is 38.2. The summed E-state index contributed by atoms with van der Waals surface area (Å²) in [6, 6.07) is 5.93. The third kappa shape index (κ3) is 3.09. The number of aromatic nitrogens is 5. The Hall–Kier alpha value is -2.85. The zero-order valence-corrected chi connectivity index (χ0v) is 12.9. The SMILES string of the molecule is O=S(=O)(c1ccc(F)cc1)c1cc[nH]c1C=CC(O)c1nn[nH]n1. The van der Waals surface area contributed by atoms with Gasteiger partial charge in [0.2, 0.25) is 15.7 Å². The van der Waals surface area contributed by atoms with E-state index in [0.717, 1.165) is 12.1 Å². The van der Waals surface area contributed by atoms with Crippen LogP contribution < -0.4 is 0 Å². The molecule has 0 aliphatic carbocycles. The highest BCUT2D eigenvalue weighted by Crippen LogP contribution is 2.25. The van der Waals surface area contributed by atoms with Gasteiger partial charge in [0.05, 0.1) is 15.5 Å². The van der Waals surface area contributed by atoms with E-state index < -0.39 is 21.8 Å². The minimum atomic E-state index is -3.83. The number of H-pyrrole nitrogens is 2. The molecule has 24 heavy (non-hydrogen) atoms. The predicted molar refractivity (Wildman–Crippen MR) is 80.8 cm³/mol. The first kappa shape index (κ1) is 16.0. The second kappa shape index (κ2) is 6.34. The Bertz CT molecular complexity index is 949. The molecule has 10 heteroatoms. The molecule has 124 valence electrons. The first-order chi connectivity index (χ1) is 11.5. The second-order valence-electron chi connectivity index (χ2n) is 4.79. The summed E-state index contributed by atoms with van der Waals surface area (Å²) in [7, 11) is -3.83. The monoisotopic (exact) mass is 349 g/mol. The number of aliphatic hydroxyl groups excluding tert-OH is 1. The van der Waals surface area contributed by atoms with Gasteiger partial charge in [-0.05, 0) is 42.5 Å². The van der Waals surface area contributed by atoms with Crippen molar-refractivity contribution in [1.29, 1.82) is 0 Å². The van der Waals surface area contributed by atoms with Crippen LogP contribution in [0.2, 0.25) is 0 Å². The average molecular weight is 349 g/mol. The van der Waals surface area contributed by atoms with Crippen molar-refractivity contribution in [3.8, 4) is 0 Å². The molecule has 1 aromatic carbocycles. The zero-order chi connectivity index (χ0) is 17.2. The standard InChI is InChI=1S/C14H12FN5O3S/c15-9-1-3-10(4-2-9)24(22,23)13-7-8-16-11(13)5-6-12(21)14-17-19-20-18-14/h1-8,12,16,21H,(H,17,18,19,20). The molecule has 0 fully saturated rings. The Labute approximate surface area is 136 Å². The number of aromatic amines is 2. The molecule has 0 saturated carbocycles. The number of nitrogens with zero attached hydrogens (tertiary/aromatic N) is 3. The van der Waals surface area contributed by atoms with Crippen molar-refractivity contribution in [1.82, 2.24) is 25.6 Å². The van der Waals surface area contributed by atoms with E-state index in [0.29, 0.717) is 0 Å². The lowest BCUT2D eigenvalue weighted by Gasteiger charge is -2.04. The van der Waals surface area contributed by atoms with Gasteiger partial charge in [-0.3, -0.25) is 0 Å². The zero-order valence-electron chi connectivity index (χ0n) is 12.1. The number of hydrogen-bond acceptors (Lipinski definition) is 6. The summed E-state index contributed by atoms with van der Waals surface area (Å²) in [6.45, 7) is 0. The van der Waals surface area contributed by atoms with Crippen molar-refractivity contribution >= 4 is 15.9 Å². The largest absolute Gasteiger partial charge is 0.381 e. The molecule has 1 unspecified atom stereocenters. The van der Waals surface area contributed by atoms with E-state index in [-0.39, 0.29) is 21.3 Å². The third-order valence-electron chi connectivity index (χ3n) is 3.22. The molecule has 0 aliphatic rings. The lowest BCUT2D eigenvalue weighted by molar-refractivity contribution is 0.219. The number of sulfone groups is 1. The van der Waals surface area contributed by atoms with Crippen molar-refractivity contribution in [2.24, 2.45) is 0 Å². The van der Waals surface area contributed by atoms with Gasteiger partial charge < -0.3 is 10.1 Å². The van der Waals surface area contributed by atoms with Gasteiger partial charge in [0.15, 0.2) is 0 Å². The number of halogens is 1. The molecule has 8 nitrogen and oxygen atoms in total. The maximum absolute atomic E-state index is 13.0. The van der Waals surface area contributed by atoms with Gasteiger partial charge in [-0.1, -0.05) is 5.21 Å². The van der Waals surface area contributed by atoms with Crippen LogP contribution in [-0.2, 0) is 9.84 Å². The highest BCUT2D eigenvalue weighted by molar-refractivity contribution is 7.91. The number of aliphatic hydroxyl groups is 1. The topological polar surface area (TPSA) is 125 Å². The second-order valence-corrected chi connectivity index (χ2v) is 6.71. The Kier molecular flexibility index (Phi) is 4.23. The van der Waals surface area contributed by atoms with E-state index in [2.05, 4.69) is 25.6 Å². The molecule has 0 aliphatic heterocycles. The fourth-order valence-corrected chi connectivity index (χ4v) is 3.45. The van der Waals surface area contributed by atoms with Crippen molar-refractivity contribution < 1.29 is 17.9 Å². The van der Waals surface area contributed by atoms with E-state index >= 15 is 0 Å². The van der Waals surface area contributed by atoms with Crippen LogP contribution in [0.5, 0.6) is 0 Å². The van der Waals surface area contributed by atoms with E-state index in [1.807, 2.05) is 0 Å². The molecule has 0 bridgehead atoms. The number of nitrogens with one attached hydrogen (secondary N) is 2. The number of rotatable bonds is 5. The first-order valence-electron chi connectivity index (χ1n) is 6.76. The lowest BCUT2D eigenvalue weighted by atomic mass is 10.3. The molecular formula is C14H12FN5O3S. The summed E-state index contributed by atoms with van der Waals surface area (Å²) in [5.74, 6) is -0.466. The molecule has 0 radical (unpaired) electrons. The molecule has 3 aromatic rings. The fourth-order valence-electron chi connectivity index (χ4n) is 2.04. The minimum absolute atomic E-state index is 0.00525. The van der Waals surface area contributed by atoms with Gasteiger partial charge in [0.25, 0.3) is 0 Å². The molecular weight excluding hydrogens is 337 g/mol. The lowest BCUT2D eigenvalue weighted by Crippen LogP contribution is -2.03. The van der Waals surface area contributed by atoms with Crippen LogP contribution in [-0.4, -0.2) is 39.1 Å². The van der Waals surface area contributed by atoms with Gasteiger partial charge in [-0.25, -0.2) is 12.8 Å². The molecule has 0 spiro atoms. The van der Waals surface area contributed by atoms with Crippen molar-refractivity contribution in [3.63, 3.8) is 0 Å². The summed E-state index contributed by atoms with van der Waals surface area (Å²) >= 11 is 0. The quantitative estimate of drug-likeness (QED) is 0.595. The highest BCUT2D eigenvalue weighted by Gasteiger charge is 2.21. The first-order valence-corrected chi connectivity index (χ1v) is 8.24. The number of benzene rings is 1. The third-order valence-corrected chi connectivity index (χ3v) is 5.05. The maximum atomic E-state index is 13.0. The molecule has 2 heterocycles. The van der Waals surface area contributed by atoms with E-state index in [1.54, 1.807) is 0 Å². The van der Waals surface area contributed by atoms with Gasteiger partial charge >= 0.3 is 0 Å². The smallest absolute Gasteiger partial charge is 0.208 e. The number of hydrogen-bond donors (Lipinski definition) is 3. The Morgan fingerprint density at radius 1 is 1.21 bits per heavy atom. The van der Waals surface area contributed by atoms with Crippen LogP contribution in [0.25, 0.3) is 6.08 Å². The highest BCUT2D eigenvalue weighted by atomic mass is 32.2. The predicted octanol–water partition coefficient (Wildman–Crippen LogP) is 1.25. The Morgan fingerprint density at radius 2 is 1.96 bits per heavy atom.